The zero-order chi connectivity index (χ0) is 19.8. The minimum atomic E-state index is -6.44. The Morgan fingerprint density at radius 2 is 1.69 bits per heavy atom. The Morgan fingerprint density at radius 3 is 2.27 bits per heavy atom. The van der Waals surface area contributed by atoms with Crippen molar-refractivity contribution in [2.45, 2.75) is 25.1 Å². The lowest BCUT2D eigenvalue weighted by Crippen LogP contribution is -2.58. The fraction of sp³-hybridized carbons (Fsp3) is 0.267. The maximum atomic E-state index is 13.0. The fourth-order valence-corrected chi connectivity index (χ4v) is 2.50. The van der Waals surface area contributed by atoms with Gasteiger partial charge in [0, 0.05) is 10.0 Å². The largest absolute Gasteiger partial charge is 0.462 e. The number of nitrogens with zero attached hydrogens (tertiary/aromatic N) is 1. The van der Waals surface area contributed by atoms with Crippen LogP contribution >= 0.6 is 15.9 Å². The molecule has 3 nitrogen and oxygen atoms in total. The van der Waals surface area contributed by atoms with E-state index in [-0.39, 0.29) is 5.76 Å². The van der Waals surface area contributed by atoms with Gasteiger partial charge in [-0.15, -0.1) is 0 Å². The van der Waals surface area contributed by atoms with Crippen LogP contribution in [0.2, 0.25) is 0 Å². The van der Waals surface area contributed by atoms with Crippen molar-refractivity contribution in [3.8, 4) is 11.3 Å². The summed E-state index contributed by atoms with van der Waals surface area (Å²) in [6.07, 6.45) is -5.87. The first-order valence-corrected chi connectivity index (χ1v) is 7.63. The van der Waals surface area contributed by atoms with Gasteiger partial charge in [-0.3, -0.25) is 0 Å². The molecular formula is C15H10BrF7N2O. The van der Waals surface area contributed by atoms with E-state index < -0.39 is 18.1 Å². The van der Waals surface area contributed by atoms with Crippen molar-refractivity contribution in [2.75, 3.05) is 0 Å². The third kappa shape index (κ3) is 4.02. The number of hydrogen-bond donors (Lipinski definition) is 1. The van der Waals surface area contributed by atoms with Crippen molar-refractivity contribution in [1.82, 2.24) is 5.43 Å². The van der Waals surface area contributed by atoms with Crippen LogP contribution < -0.4 is 5.43 Å². The average Bonchev–Trinajstić information content (AvgIpc) is 2.94. The Hall–Kier alpha value is -2.04. The molecule has 11 heteroatoms. The van der Waals surface area contributed by atoms with Gasteiger partial charge in [0.05, 0.1) is 6.21 Å². The van der Waals surface area contributed by atoms with Crippen LogP contribution in [-0.2, 0) is 0 Å². The molecule has 0 radical (unpaired) electrons. The van der Waals surface area contributed by atoms with E-state index in [1.165, 1.54) is 12.1 Å². The number of aryl methyl sites for hydroxylation is 1. The molecule has 26 heavy (non-hydrogen) atoms. The zero-order valence-electron chi connectivity index (χ0n) is 12.8. The van der Waals surface area contributed by atoms with Crippen LogP contribution in [0.1, 0.15) is 11.3 Å². The molecular weight excluding hydrogens is 437 g/mol. The predicted molar refractivity (Wildman–Crippen MR) is 83.3 cm³/mol. The SMILES string of the molecule is Cc1ccc(-c2ccc(/C=N\NC(F)(F)C(F)(F)C(F)(F)F)o2)c(Br)c1. The second-order valence-electron chi connectivity index (χ2n) is 5.20. The second kappa shape index (κ2) is 6.93. The zero-order valence-corrected chi connectivity index (χ0v) is 14.4. The molecule has 2 rings (SSSR count). The van der Waals surface area contributed by atoms with Crippen molar-refractivity contribution in [3.63, 3.8) is 0 Å². The van der Waals surface area contributed by atoms with Crippen LogP contribution in [0.25, 0.3) is 11.3 Å². The van der Waals surface area contributed by atoms with Crippen LogP contribution in [0.5, 0.6) is 0 Å². The van der Waals surface area contributed by atoms with Crippen molar-refractivity contribution >= 4 is 22.1 Å². The van der Waals surface area contributed by atoms with E-state index in [2.05, 4.69) is 21.0 Å². The molecule has 0 atom stereocenters. The van der Waals surface area contributed by atoms with Gasteiger partial charge in [-0.05, 0) is 36.8 Å². The minimum absolute atomic E-state index is 0.133. The lowest BCUT2D eigenvalue weighted by Gasteiger charge is -2.27. The first-order valence-electron chi connectivity index (χ1n) is 6.84. The molecule has 0 saturated heterocycles. The number of alkyl halides is 7. The maximum Gasteiger partial charge on any atom is 0.462 e. The van der Waals surface area contributed by atoms with Gasteiger partial charge < -0.3 is 4.42 Å². The molecule has 1 aromatic heterocycles. The van der Waals surface area contributed by atoms with E-state index in [1.807, 2.05) is 6.92 Å². The van der Waals surface area contributed by atoms with Gasteiger partial charge in [0.2, 0.25) is 0 Å². The molecule has 1 N–H and O–H groups in total. The van der Waals surface area contributed by atoms with Crippen LogP contribution in [0.4, 0.5) is 30.7 Å². The van der Waals surface area contributed by atoms with E-state index >= 15 is 0 Å². The monoisotopic (exact) mass is 446 g/mol. The quantitative estimate of drug-likeness (QED) is 0.275. The third-order valence-corrected chi connectivity index (χ3v) is 3.82. The number of hydrogen-bond acceptors (Lipinski definition) is 3. The van der Waals surface area contributed by atoms with Crippen molar-refractivity contribution in [3.05, 3.63) is 46.1 Å². The summed E-state index contributed by atoms with van der Waals surface area (Å²) in [6, 6.07) is 2.42. The number of benzene rings is 1. The molecule has 142 valence electrons. The smallest absolute Gasteiger partial charge is 0.455 e. The highest BCUT2D eigenvalue weighted by Gasteiger charge is 2.73. The first kappa shape index (κ1) is 20.3. The van der Waals surface area contributed by atoms with Crippen molar-refractivity contribution in [2.24, 2.45) is 5.10 Å². The van der Waals surface area contributed by atoms with Gasteiger partial charge in [0.1, 0.15) is 11.5 Å². The Balaban J connectivity index is 2.14. The molecule has 2 aromatic rings. The van der Waals surface area contributed by atoms with Crippen molar-refractivity contribution < 1.29 is 35.2 Å². The molecule has 1 heterocycles. The normalized spacial score (nSPS) is 13.4. The van der Waals surface area contributed by atoms with E-state index in [0.717, 1.165) is 5.56 Å². The molecule has 0 aliphatic carbocycles. The number of furan rings is 1. The molecule has 0 spiro atoms. The lowest BCUT2D eigenvalue weighted by molar-refractivity contribution is -0.361. The molecule has 0 aliphatic heterocycles. The second-order valence-corrected chi connectivity index (χ2v) is 6.06. The summed E-state index contributed by atoms with van der Waals surface area (Å²) in [6.45, 7) is 1.86. The Kier molecular flexibility index (Phi) is 5.41. The predicted octanol–water partition coefficient (Wildman–Crippen LogP) is 5.73. The van der Waals surface area contributed by atoms with E-state index in [0.29, 0.717) is 27.4 Å². The van der Waals surface area contributed by atoms with Gasteiger partial charge in [-0.2, -0.15) is 35.8 Å². The number of hydrazone groups is 1. The van der Waals surface area contributed by atoms with E-state index in [1.54, 1.807) is 18.2 Å². The summed E-state index contributed by atoms with van der Waals surface area (Å²) in [5, 5.41) is 2.73. The number of nitrogens with one attached hydrogen (secondary N) is 1. The maximum absolute atomic E-state index is 13.0. The summed E-state index contributed by atoms with van der Waals surface area (Å²) in [5.74, 6) is -6.12. The Morgan fingerprint density at radius 1 is 1.04 bits per heavy atom. The molecule has 0 unspecified atom stereocenters. The highest BCUT2D eigenvalue weighted by atomic mass is 79.9. The van der Waals surface area contributed by atoms with Gasteiger partial charge in [0.25, 0.3) is 0 Å². The summed E-state index contributed by atoms with van der Waals surface area (Å²) >= 11 is 3.32. The van der Waals surface area contributed by atoms with E-state index in [9.17, 15) is 30.7 Å². The molecule has 0 saturated carbocycles. The van der Waals surface area contributed by atoms with Crippen LogP contribution in [0, 0.1) is 6.92 Å². The van der Waals surface area contributed by atoms with E-state index in [4.69, 9.17) is 4.42 Å². The first-order chi connectivity index (χ1) is 11.8. The molecule has 0 amide bonds. The summed E-state index contributed by atoms with van der Waals surface area (Å²) in [5.41, 5.74) is 2.11. The van der Waals surface area contributed by atoms with Crippen LogP contribution in [0.3, 0.4) is 0 Å². The molecule has 1 aromatic carbocycles. The van der Waals surface area contributed by atoms with Gasteiger partial charge in [0.15, 0.2) is 0 Å². The highest BCUT2D eigenvalue weighted by molar-refractivity contribution is 9.10. The summed E-state index contributed by atoms with van der Waals surface area (Å²) < 4.78 is 93.4. The van der Waals surface area contributed by atoms with Crippen LogP contribution in [-0.4, -0.2) is 24.4 Å². The molecule has 0 bridgehead atoms. The Labute approximate surface area is 151 Å². The van der Waals surface area contributed by atoms with Gasteiger partial charge in [-0.1, -0.05) is 22.0 Å². The molecule has 0 fully saturated rings. The highest BCUT2D eigenvalue weighted by Crippen LogP contribution is 2.45. The average molecular weight is 447 g/mol. The van der Waals surface area contributed by atoms with Gasteiger partial charge in [-0.25, -0.2) is 5.43 Å². The van der Waals surface area contributed by atoms with Gasteiger partial charge >= 0.3 is 18.1 Å². The minimum Gasteiger partial charge on any atom is -0.455 e. The lowest BCUT2D eigenvalue weighted by atomic mass is 10.1. The fourth-order valence-electron chi connectivity index (χ4n) is 1.81. The number of halogens is 8. The molecule has 0 aliphatic rings. The summed E-state index contributed by atoms with van der Waals surface area (Å²) in [4.78, 5) is 0. The Bertz CT molecular complexity index is 815. The summed E-state index contributed by atoms with van der Waals surface area (Å²) in [7, 11) is 0. The van der Waals surface area contributed by atoms with Crippen molar-refractivity contribution in [1.29, 1.82) is 0 Å². The van der Waals surface area contributed by atoms with Crippen LogP contribution in [0.15, 0.2) is 44.3 Å². The standard InChI is InChI=1S/C15H10BrF7N2O/c1-8-2-4-10(11(16)6-8)12-5-3-9(26-12)7-24-25-15(22,23)13(17,18)14(19,20)21/h2-7,25H,1H3/b24-7-. The topological polar surface area (TPSA) is 37.5 Å². The number of rotatable bonds is 5. The third-order valence-electron chi connectivity index (χ3n) is 3.16.